The number of anilines is 1. The quantitative estimate of drug-likeness (QED) is 0.785. The van der Waals surface area contributed by atoms with Gasteiger partial charge in [0.1, 0.15) is 0 Å². The van der Waals surface area contributed by atoms with Crippen molar-refractivity contribution in [1.29, 1.82) is 0 Å². The highest BCUT2D eigenvalue weighted by Gasteiger charge is 2.24. The van der Waals surface area contributed by atoms with Crippen LogP contribution in [0.2, 0.25) is 5.28 Å². The van der Waals surface area contributed by atoms with Crippen molar-refractivity contribution in [2.24, 2.45) is 0 Å². The summed E-state index contributed by atoms with van der Waals surface area (Å²) in [5.41, 5.74) is 0. The molecule has 1 aliphatic rings. The Morgan fingerprint density at radius 2 is 2.07 bits per heavy atom. The summed E-state index contributed by atoms with van der Waals surface area (Å²) >= 11 is 5.77. The average molecular weight is 229 g/mol. The standard InChI is InChI=1S/C9H13ClN4O/c1-14(6-4-3-5-6)8-11-7(10)12-9(13-8)15-2/h6H,3-5H2,1-2H3. The lowest BCUT2D eigenvalue weighted by Crippen LogP contribution is -2.38. The molecule has 0 aromatic carbocycles. The fourth-order valence-corrected chi connectivity index (χ4v) is 1.66. The monoisotopic (exact) mass is 228 g/mol. The predicted octanol–water partition coefficient (Wildman–Crippen LogP) is 1.52. The summed E-state index contributed by atoms with van der Waals surface area (Å²) in [6, 6.07) is 0.782. The van der Waals surface area contributed by atoms with Crippen molar-refractivity contribution in [3.63, 3.8) is 0 Å². The normalized spacial score (nSPS) is 15.9. The molecule has 1 aromatic rings. The molecule has 1 aromatic heterocycles. The molecular weight excluding hydrogens is 216 g/mol. The van der Waals surface area contributed by atoms with E-state index in [0.29, 0.717) is 12.0 Å². The van der Waals surface area contributed by atoms with Crippen LogP contribution in [0, 0.1) is 0 Å². The SMILES string of the molecule is COc1nc(Cl)nc(N(C)C2CCC2)n1. The highest BCUT2D eigenvalue weighted by Crippen LogP contribution is 2.27. The zero-order valence-electron chi connectivity index (χ0n) is 8.77. The predicted molar refractivity (Wildman–Crippen MR) is 57.4 cm³/mol. The summed E-state index contributed by atoms with van der Waals surface area (Å²) in [6.45, 7) is 0. The van der Waals surface area contributed by atoms with Gasteiger partial charge in [-0.05, 0) is 30.9 Å². The van der Waals surface area contributed by atoms with Gasteiger partial charge in [-0.3, -0.25) is 0 Å². The number of hydrogen-bond acceptors (Lipinski definition) is 5. The van der Waals surface area contributed by atoms with Gasteiger partial charge in [-0.15, -0.1) is 0 Å². The molecule has 0 amide bonds. The number of rotatable bonds is 3. The largest absolute Gasteiger partial charge is 0.467 e. The third kappa shape index (κ3) is 2.12. The van der Waals surface area contributed by atoms with Gasteiger partial charge in [-0.1, -0.05) is 0 Å². The summed E-state index contributed by atoms with van der Waals surface area (Å²) in [7, 11) is 3.48. The van der Waals surface area contributed by atoms with Gasteiger partial charge in [0.05, 0.1) is 7.11 Å². The van der Waals surface area contributed by atoms with Crippen molar-refractivity contribution in [2.75, 3.05) is 19.1 Å². The van der Waals surface area contributed by atoms with Crippen LogP contribution in [0.25, 0.3) is 0 Å². The minimum atomic E-state index is 0.169. The highest BCUT2D eigenvalue weighted by molar-refractivity contribution is 6.28. The van der Waals surface area contributed by atoms with E-state index in [1.54, 1.807) is 0 Å². The molecule has 0 saturated heterocycles. The first-order valence-corrected chi connectivity index (χ1v) is 5.27. The maximum Gasteiger partial charge on any atom is 0.322 e. The second-order valence-corrected chi connectivity index (χ2v) is 3.92. The topological polar surface area (TPSA) is 51.1 Å². The molecule has 1 saturated carbocycles. The summed E-state index contributed by atoms with van der Waals surface area (Å²) in [5.74, 6) is 0.580. The van der Waals surface area contributed by atoms with Crippen molar-refractivity contribution in [3.05, 3.63) is 5.28 Å². The Kier molecular flexibility index (Phi) is 2.90. The fraction of sp³-hybridized carbons (Fsp3) is 0.667. The Balaban J connectivity index is 2.22. The molecule has 5 nitrogen and oxygen atoms in total. The number of aromatic nitrogens is 3. The molecule has 2 rings (SSSR count). The molecule has 15 heavy (non-hydrogen) atoms. The number of methoxy groups -OCH3 is 1. The average Bonchev–Trinajstić information content (AvgIpc) is 2.14. The van der Waals surface area contributed by atoms with E-state index in [2.05, 4.69) is 15.0 Å². The smallest absolute Gasteiger partial charge is 0.322 e. The Morgan fingerprint density at radius 3 is 2.60 bits per heavy atom. The van der Waals surface area contributed by atoms with E-state index in [4.69, 9.17) is 16.3 Å². The molecular formula is C9H13ClN4O. The molecule has 0 spiro atoms. The van der Waals surface area contributed by atoms with Crippen LogP contribution in [0.3, 0.4) is 0 Å². The van der Waals surface area contributed by atoms with Gasteiger partial charge in [-0.2, -0.15) is 15.0 Å². The van der Waals surface area contributed by atoms with Crippen LogP contribution < -0.4 is 9.64 Å². The van der Waals surface area contributed by atoms with Crippen molar-refractivity contribution in [1.82, 2.24) is 15.0 Å². The van der Waals surface area contributed by atoms with Gasteiger partial charge >= 0.3 is 6.01 Å². The Labute approximate surface area is 93.5 Å². The van der Waals surface area contributed by atoms with Crippen molar-refractivity contribution in [3.8, 4) is 6.01 Å². The van der Waals surface area contributed by atoms with Gasteiger partial charge in [0.15, 0.2) is 0 Å². The molecule has 0 aliphatic heterocycles. The van der Waals surface area contributed by atoms with E-state index in [1.165, 1.54) is 26.4 Å². The number of nitrogens with zero attached hydrogens (tertiary/aromatic N) is 4. The molecule has 0 N–H and O–H groups in total. The first-order valence-electron chi connectivity index (χ1n) is 4.89. The minimum Gasteiger partial charge on any atom is -0.467 e. The maximum atomic E-state index is 5.77. The van der Waals surface area contributed by atoms with Crippen LogP contribution >= 0.6 is 11.6 Å². The molecule has 0 bridgehead atoms. The summed E-state index contributed by atoms with van der Waals surface area (Å²) < 4.78 is 4.94. The summed E-state index contributed by atoms with van der Waals surface area (Å²) in [4.78, 5) is 14.1. The molecule has 0 atom stereocenters. The van der Waals surface area contributed by atoms with Crippen molar-refractivity contribution in [2.45, 2.75) is 25.3 Å². The van der Waals surface area contributed by atoms with E-state index in [0.717, 1.165) is 0 Å². The molecule has 0 radical (unpaired) electrons. The third-order valence-corrected chi connectivity index (χ3v) is 2.87. The zero-order chi connectivity index (χ0) is 10.8. The molecule has 6 heteroatoms. The van der Waals surface area contributed by atoms with E-state index in [-0.39, 0.29) is 11.3 Å². The molecule has 0 unspecified atom stereocenters. The van der Waals surface area contributed by atoms with Crippen LogP contribution in [0.1, 0.15) is 19.3 Å². The summed E-state index contributed by atoms with van der Waals surface area (Å²) in [5, 5.41) is 0.169. The lowest BCUT2D eigenvalue weighted by molar-refractivity contribution is 0.371. The van der Waals surface area contributed by atoms with Crippen LogP contribution in [0.5, 0.6) is 6.01 Å². The molecule has 1 aliphatic carbocycles. The van der Waals surface area contributed by atoms with Gasteiger partial charge in [-0.25, -0.2) is 0 Å². The first-order chi connectivity index (χ1) is 7.20. The Morgan fingerprint density at radius 1 is 1.33 bits per heavy atom. The lowest BCUT2D eigenvalue weighted by atomic mass is 9.92. The zero-order valence-corrected chi connectivity index (χ0v) is 9.53. The second-order valence-electron chi connectivity index (χ2n) is 3.59. The lowest BCUT2D eigenvalue weighted by Gasteiger charge is -2.34. The van der Waals surface area contributed by atoms with Gasteiger partial charge < -0.3 is 9.64 Å². The Hall–Kier alpha value is -1.10. The van der Waals surface area contributed by atoms with Crippen LogP contribution in [-0.2, 0) is 0 Å². The summed E-state index contributed by atoms with van der Waals surface area (Å²) in [6.07, 6.45) is 3.63. The van der Waals surface area contributed by atoms with E-state index < -0.39 is 0 Å². The van der Waals surface area contributed by atoms with Gasteiger partial charge in [0.25, 0.3) is 0 Å². The number of ether oxygens (including phenoxy) is 1. The molecule has 1 fully saturated rings. The van der Waals surface area contributed by atoms with Crippen molar-refractivity contribution >= 4 is 17.5 Å². The van der Waals surface area contributed by atoms with Gasteiger partial charge in [0, 0.05) is 13.1 Å². The van der Waals surface area contributed by atoms with E-state index in [1.807, 2.05) is 11.9 Å². The minimum absolute atomic E-state index is 0.169. The highest BCUT2D eigenvalue weighted by atomic mass is 35.5. The van der Waals surface area contributed by atoms with Crippen molar-refractivity contribution < 1.29 is 4.74 Å². The van der Waals surface area contributed by atoms with Crippen LogP contribution in [-0.4, -0.2) is 35.2 Å². The second kappa shape index (κ2) is 4.18. The first kappa shape index (κ1) is 10.4. The number of halogens is 1. The molecule has 82 valence electrons. The van der Waals surface area contributed by atoms with Gasteiger partial charge in [0.2, 0.25) is 11.2 Å². The fourth-order valence-electron chi connectivity index (χ4n) is 1.51. The molecule has 1 heterocycles. The van der Waals surface area contributed by atoms with E-state index in [9.17, 15) is 0 Å². The van der Waals surface area contributed by atoms with E-state index >= 15 is 0 Å². The maximum absolute atomic E-state index is 5.77. The third-order valence-electron chi connectivity index (χ3n) is 2.70. The van der Waals surface area contributed by atoms with Crippen LogP contribution in [0.15, 0.2) is 0 Å². The van der Waals surface area contributed by atoms with Crippen LogP contribution in [0.4, 0.5) is 5.95 Å². The number of hydrogen-bond donors (Lipinski definition) is 0. The Bertz CT molecular complexity index is 356.